The van der Waals surface area contributed by atoms with Crippen molar-refractivity contribution >= 4 is 132 Å². The number of fused-ring (bicyclic) bond motifs is 16. The van der Waals surface area contributed by atoms with Gasteiger partial charge in [-0.2, -0.15) is 0 Å². The van der Waals surface area contributed by atoms with Gasteiger partial charge in [-0.1, -0.05) is 258 Å². The first-order chi connectivity index (χ1) is 46.2. The first kappa shape index (κ1) is 53.0. The predicted octanol–water partition coefficient (Wildman–Crippen LogP) is 25.6. The Bertz CT molecular complexity index is 5860. The molecule has 0 N–H and O–H groups in total. The molecule has 0 saturated heterocycles. The van der Waals surface area contributed by atoms with Gasteiger partial charge in [0.2, 0.25) is 0 Å². The number of benzene rings is 16. The van der Waals surface area contributed by atoms with Gasteiger partial charge in [-0.25, -0.2) is 0 Å². The van der Waals surface area contributed by atoms with E-state index in [0.29, 0.717) is 0 Å². The minimum atomic E-state index is -0.239. The summed E-state index contributed by atoms with van der Waals surface area (Å²) in [6, 6.07) is 108. The number of nitrogens with zero attached hydrogens (tertiary/aromatic N) is 2. The highest BCUT2D eigenvalue weighted by Gasteiger charge is 2.38. The zero-order chi connectivity index (χ0) is 62.3. The van der Waals surface area contributed by atoms with Crippen LogP contribution in [0.15, 0.2) is 300 Å². The molecular weight excluding hydrogens is 1140 g/mol. The summed E-state index contributed by atoms with van der Waals surface area (Å²) in [4.78, 5) is 4.99. The second kappa shape index (κ2) is 19.4. The monoisotopic (exact) mass is 1200 g/mol. The van der Waals surface area contributed by atoms with Crippen molar-refractivity contribution < 1.29 is 8.83 Å². The maximum absolute atomic E-state index is 7.54. The Morgan fingerprint density at radius 2 is 0.617 bits per heavy atom. The zero-order valence-corrected chi connectivity index (χ0v) is 52.4. The van der Waals surface area contributed by atoms with Crippen molar-refractivity contribution in [3.05, 3.63) is 313 Å². The highest BCUT2D eigenvalue weighted by molar-refractivity contribution is 6.30. The second-order valence-electron chi connectivity index (χ2n) is 27.0. The van der Waals surface area contributed by atoms with E-state index in [1.165, 1.54) is 87.6 Å². The molecule has 20 rings (SSSR count). The van der Waals surface area contributed by atoms with Crippen molar-refractivity contribution in [2.75, 3.05) is 9.80 Å². The fraction of sp³-hybridized carbons (Fsp3) is 0.0667. The second-order valence-corrected chi connectivity index (χ2v) is 27.0. The van der Waals surface area contributed by atoms with Gasteiger partial charge in [-0.05, 0) is 159 Å². The molecule has 0 unspecified atom stereocenters. The van der Waals surface area contributed by atoms with Crippen LogP contribution in [0.25, 0.3) is 142 Å². The fourth-order valence-corrected chi connectivity index (χ4v) is 16.9. The maximum atomic E-state index is 7.54. The van der Waals surface area contributed by atoms with Crippen LogP contribution in [-0.4, -0.2) is 0 Å². The van der Waals surface area contributed by atoms with Crippen LogP contribution in [0, 0.1) is 0 Å². The molecule has 0 atom stereocenters. The number of hydrogen-bond donors (Lipinski definition) is 0. The van der Waals surface area contributed by atoms with Crippen LogP contribution >= 0.6 is 0 Å². The van der Waals surface area contributed by atoms with E-state index in [-0.39, 0.29) is 10.8 Å². The molecule has 4 heteroatoms. The number of rotatable bonds is 8. The lowest BCUT2D eigenvalue weighted by Gasteiger charge is -2.30. The zero-order valence-electron chi connectivity index (χ0n) is 52.4. The first-order valence-corrected chi connectivity index (χ1v) is 32.8. The fourth-order valence-electron chi connectivity index (χ4n) is 16.9. The summed E-state index contributed by atoms with van der Waals surface area (Å²) in [6.45, 7) is 9.50. The summed E-state index contributed by atoms with van der Waals surface area (Å²) in [6.07, 6.45) is 0. The standard InChI is InChI=1S/C90H60N2O2/c1-89(2)73-33-17-15-29-63(73)65-45-41-59(51-75(65)89)91(79-35-19-31-69-83-61-27-13-11-25-57(61)49-71(87(83)93-85(69)79)53-21-7-5-8-22-53)77-47-39-55-38-44-68-78(48-40-56-37-43-67(77)81(55)82(56)68)92(60-42-46-66-64-30-16-18-34-74(64)90(3,4)76(66)52-60)80-36-20-32-70-84-62-28-14-12-26-58(62)50-72(88(84)94-86(70)80)54-23-9-6-10-24-54/h5-52H,1-4H3. The average Bonchev–Trinajstić information content (AvgIpc) is 1.69. The number of para-hydroxylation sites is 2. The Hall–Kier alpha value is -11.7. The summed E-state index contributed by atoms with van der Waals surface area (Å²) in [5, 5.41) is 16.1. The summed E-state index contributed by atoms with van der Waals surface area (Å²) in [5.41, 5.74) is 23.9. The maximum Gasteiger partial charge on any atom is 0.159 e. The van der Waals surface area contributed by atoms with Gasteiger partial charge in [0.05, 0.1) is 22.7 Å². The highest BCUT2D eigenvalue weighted by Crippen LogP contribution is 2.57. The van der Waals surface area contributed by atoms with Crippen molar-refractivity contribution in [3.8, 4) is 44.5 Å². The minimum absolute atomic E-state index is 0.239. The SMILES string of the molecule is CC1(C)c2ccccc2-c2ccc(N(c3ccc4ccc5c(N(c6ccc7c(c6)C(C)(C)c6ccccc6-7)c6cccc7c6oc6c(-c8ccccc8)cc8ccccc8c67)ccc6ccc3c4c65)c3cccc4c3oc3c(-c5ccccc5)cc5ccccc5c34)cc21. The van der Waals surface area contributed by atoms with Crippen LogP contribution in [0.1, 0.15) is 49.9 Å². The Morgan fingerprint density at radius 3 is 1.07 bits per heavy atom. The lowest BCUT2D eigenvalue weighted by Crippen LogP contribution is -2.17. The Balaban J connectivity index is 0.853. The summed E-state index contributed by atoms with van der Waals surface area (Å²) in [5.74, 6) is 0. The molecule has 2 aromatic heterocycles. The van der Waals surface area contributed by atoms with Crippen LogP contribution in [0.4, 0.5) is 34.1 Å². The molecule has 2 heterocycles. The first-order valence-electron chi connectivity index (χ1n) is 32.8. The van der Waals surface area contributed by atoms with Gasteiger partial charge in [0.1, 0.15) is 11.2 Å². The third-order valence-electron chi connectivity index (χ3n) is 21.3. The summed E-state index contributed by atoms with van der Waals surface area (Å²) in [7, 11) is 0. The van der Waals surface area contributed by atoms with E-state index in [9.17, 15) is 0 Å². The third-order valence-corrected chi connectivity index (χ3v) is 21.3. The van der Waals surface area contributed by atoms with E-state index >= 15 is 0 Å². The largest absolute Gasteiger partial charge is 0.453 e. The molecule has 442 valence electrons. The molecule has 0 saturated carbocycles. The van der Waals surface area contributed by atoms with Crippen molar-refractivity contribution in [2.24, 2.45) is 0 Å². The van der Waals surface area contributed by atoms with Crippen molar-refractivity contribution in [1.29, 1.82) is 0 Å². The van der Waals surface area contributed by atoms with E-state index in [4.69, 9.17) is 8.83 Å². The molecule has 18 aromatic rings. The summed E-state index contributed by atoms with van der Waals surface area (Å²) >= 11 is 0. The van der Waals surface area contributed by atoms with Gasteiger partial charge < -0.3 is 18.6 Å². The topological polar surface area (TPSA) is 32.8 Å². The van der Waals surface area contributed by atoms with E-state index in [1.807, 2.05) is 0 Å². The smallest absolute Gasteiger partial charge is 0.159 e. The van der Waals surface area contributed by atoms with Crippen molar-refractivity contribution in [3.63, 3.8) is 0 Å². The van der Waals surface area contributed by atoms with E-state index in [0.717, 1.165) is 111 Å². The average molecular weight is 1200 g/mol. The molecule has 0 fully saturated rings. The van der Waals surface area contributed by atoms with Crippen LogP contribution in [0.5, 0.6) is 0 Å². The molecular formula is C90H60N2O2. The molecule has 94 heavy (non-hydrogen) atoms. The van der Waals surface area contributed by atoms with Gasteiger partial charge >= 0.3 is 0 Å². The van der Waals surface area contributed by atoms with Crippen LogP contribution in [-0.2, 0) is 10.8 Å². The van der Waals surface area contributed by atoms with Crippen molar-refractivity contribution in [1.82, 2.24) is 0 Å². The predicted molar refractivity (Wildman–Crippen MR) is 395 cm³/mol. The minimum Gasteiger partial charge on any atom is -0.453 e. The molecule has 0 aliphatic heterocycles. The highest BCUT2D eigenvalue weighted by atomic mass is 16.3. The lowest BCUT2D eigenvalue weighted by molar-refractivity contribution is 0.660. The van der Waals surface area contributed by atoms with Gasteiger partial charge in [-0.3, -0.25) is 0 Å². The number of anilines is 6. The lowest BCUT2D eigenvalue weighted by atomic mass is 9.82. The Labute approximate surface area is 543 Å². The molecule has 4 nitrogen and oxygen atoms in total. The van der Waals surface area contributed by atoms with Gasteiger partial charge in [0.15, 0.2) is 11.2 Å². The van der Waals surface area contributed by atoms with Gasteiger partial charge in [0.25, 0.3) is 0 Å². The normalized spacial score (nSPS) is 13.7. The van der Waals surface area contributed by atoms with Gasteiger partial charge in [0, 0.05) is 65.6 Å². The van der Waals surface area contributed by atoms with Crippen LogP contribution in [0.3, 0.4) is 0 Å². The van der Waals surface area contributed by atoms with E-state index in [2.05, 4.69) is 329 Å². The number of hydrogen-bond acceptors (Lipinski definition) is 4. The van der Waals surface area contributed by atoms with E-state index < -0.39 is 0 Å². The number of furan rings is 2. The third kappa shape index (κ3) is 7.34. The molecule has 0 amide bonds. The molecule has 0 radical (unpaired) electrons. The van der Waals surface area contributed by atoms with Crippen LogP contribution < -0.4 is 9.80 Å². The Morgan fingerprint density at radius 1 is 0.234 bits per heavy atom. The quantitative estimate of drug-likeness (QED) is 0.142. The molecule has 0 spiro atoms. The van der Waals surface area contributed by atoms with E-state index in [1.54, 1.807) is 0 Å². The van der Waals surface area contributed by atoms with Gasteiger partial charge in [-0.15, -0.1) is 0 Å². The van der Waals surface area contributed by atoms with Crippen LogP contribution in [0.2, 0.25) is 0 Å². The molecule has 16 aromatic carbocycles. The molecule has 0 bridgehead atoms. The molecule has 2 aliphatic rings. The summed E-state index contributed by atoms with van der Waals surface area (Å²) < 4.78 is 15.1. The van der Waals surface area contributed by atoms with Crippen molar-refractivity contribution in [2.45, 2.75) is 38.5 Å². The Kier molecular flexibility index (Phi) is 10.9. The molecule has 2 aliphatic carbocycles.